The maximum atomic E-state index is 4.44. The van der Waals surface area contributed by atoms with Gasteiger partial charge in [-0.15, -0.1) is 0 Å². The summed E-state index contributed by atoms with van der Waals surface area (Å²) in [6.07, 6.45) is 5.85. The molecule has 0 aliphatic rings. The zero-order valence-electron chi connectivity index (χ0n) is 9.77. The second kappa shape index (κ2) is 4.88. The van der Waals surface area contributed by atoms with Gasteiger partial charge in [0.1, 0.15) is 0 Å². The molecule has 0 fully saturated rings. The van der Waals surface area contributed by atoms with E-state index in [9.17, 15) is 0 Å². The summed E-state index contributed by atoms with van der Waals surface area (Å²) in [5.41, 5.74) is 3.78. The van der Waals surface area contributed by atoms with E-state index in [1.54, 1.807) is 0 Å². The highest BCUT2D eigenvalue weighted by molar-refractivity contribution is 5.82. The summed E-state index contributed by atoms with van der Waals surface area (Å²) >= 11 is 0. The number of aromatic nitrogens is 1. The normalized spacial score (nSPS) is 11.4. The fraction of sp³-hybridized carbons (Fsp3) is 0.286. The van der Waals surface area contributed by atoms with Gasteiger partial charge in [-0.1, -0.05) is 18.2 Å². The standard InChI is InChI=1S/C14H16N2/c1-11-12(5-3-9-15-2)7-8-13-6-4-10-16-14(11)13/h4,6-10H,3,5H2,1-2H3/b15-9+. The van der Waals surface area contributed by atoms with Gasteiger partial charge in [-0.3, -0.25) is 4.98 Å². The van der Waals surface area contributed by atoms with Crippen LogP contribution in [0, 0.1) is 6.92 Å². The van der Waals surface area contributed by atoms with Gasteiger partial charge in [0.05, 0.1) is 5.52 Å². The molecule has 0 bridgehead atoms. The van der Waals surface area contributed by atoms with Crippen molar-refractivity contribution < 1.29 is 0 Å². The molecule has 0 atom stereocenters. The molecule has 0 amide bonds. The number of hydrogen-bond acceptors (Lipinski definition) is 2. The number of nitrogens with zero attached hydrogens (tertiary/aromatic N) is 2. The smallest absolute Gasteiger partial charge is 0.0733 e. The number of benzene rings is 1. The number of rotatable bonds is 3. The van der Waals surface area contributed by atoms with E-state index in [1.165, 1.54) is 16.5 Å². The highest BCUT2D eigenvalue weighted by Gasteiger charge is 2.03. The first kappa shape index (κ1) is 10.8. The van der Waals surface area contributed by atoms with E-state index >= 15 is 0 Å². The third-order valence-electron chi connectivity index (χ3n) is 2.87. The van der Waals surface area contributed by atoms with E-state index in [0.717, 1.165) is 18.4 Å². The minimum atomic E-state index is 0.996. The molecule has 2 rings (SSSR count). The summed E-state index contributed by atoms with van der Waals surface area (Å²) in [6.45, 7) is 2.15. The molecule has 16 heavy (non-hydrogen) atoms. The van der Waals surface area contributed by atoms with Crippen molar-refractivity contribution in [3.8, 4) is 0 Å². The molecule has 0 unspecified atom stereocenters. The lowest BCUT2D eigenvalue weighted by molar-refractivity contribution is 1.04. The fourth-order valence-electron chi connectivity index (χ4n) is 1.95. The third kappa shape index (κ3) is 2.11. The SMILES string of the molecule is C/N=C/CCc1ccc2cccnc2c1C. The second-order valence-corrected chi connectivity index (χ2v) is 3.90. The summed E-state index contributed by atoms with van der Waals surface area (Å²) in [4.78, 5) is 8.44. The molecule has 2 heteroatoms. The lowest BCUT2D eigenvalue weighted by atomic mass is 10.0. The van der Waals surface area contributed by atoms with Gasteiger partial charge in [0.2, 0.25) is 0 Å². The molecule has 2 nitrogen and oxygen atoms in total. The molecule has 0 aliphatic carbocycles. The summed E-state index contributed by atoms with van der Waals surface area (Å²) in [6, 6.07) is 8.43. The Labute approximate surface area is 96.1 Å². The number of pyridine rings is 1. The zero-order valence-corrected chi connectivity index (χ0v) is 9.77. The lowest BCUT2D eigenvalue weighted by Gasteiger charge is -2.07. The predicted octanol–water partition coefficient (Wildman–Crippen LogP) is 3.18. The summed E-state index contributed by atoms with van der Waals surface area (Å²) in [5, 5.41) is 1.22. The van der Waals surface area contributed by atoms with Crippen molar-refractivity contribution in [2.45, 2.75) is 19.8 Å². The molecular formula is C14H16N2. The Morgan fingerprint density at radius 1 is 1.31 bits per heavy atom. The van der Waals surface area contributed by atoms with Crippen LogP contribution in [0.25, 0.3) is 10.9 Å². The van der Waals surface area contributed by atoms with Crippen molar-refractivity contribution in [2.24, 2.45) is 4.99 Å². The molecule has 0 saturated carbocycles. The fourth-order valence-corrected chi connectivity index (χ4v) is 1.95. The average Bonchev–Trinajstić information content (AvgIpc) is 2.33. The molecule has 2 aromatic rings. The first-order chi connectivity index (χ1) is 7.83. The summed E-state index contributed by atoms with van der Waals surface area (Å²) < 4.78 is 0. The molecule has 0 radical (unpaired) electrons. The molecule has 0 N–H and O–H groups in total. The molecule has 0 saturated heterocycles. The monoisotopic (exact) mass is 212 g/mol. The topological polar surface area (TPSA) is 25.2 Å². The Balaban J connectivity index is 2.36. The molecule has 1 aromatic carbocycles. The quantitative estimate of drug-likeness (QED) is 0.717. The third-order valence-corrected chi connectivity index (χ3v) is 2.87. The van der Waals surface area contributed by atoms with E-state index in [1.807, 2.05) is 25.5 Å². The number of hydrogen-bond donors (Lipinski definition) is 0. The van der Waals surface area contributed by atoms with Gasteiger partial charge in [0.15, 0.2) is 0 Å². The van der Waals surface area contributed by atoms with E-state index in [0.29, 0.717) is 0 Å². The van der Waals surface area contributed by atoms with Gasteiger partial charge >= 0.3 is 0 Å². The van der Waals surface area contributed by atoms with Gasteiger partial charge in [0.25, 0.3) is 0 Å². The largest absolute Gasteiger partial charge is 0.301 e. The average molecular weight is 212 g/mol. The van der Waals surface area contributed by atoms with Gasteiger partial charge in [0, 0.05) is 18.6 Å². The van der Waals surface area contributed by atoms with E-state index in [4.69, 9.17) is 0 Å². The van der Waals surface area contributed by atoms with Crippen LogP contribution >= 0.6 is 0 Å². The van der Waals surface area contributed by atoms with Crippen LogP contribution in [-0.2, 0) is 6.42 Å². The molecule has 0 spiro atoms. The van der Waals surface area contributed by atoms with Crippen LogP contribution in [0.15, 0.2) is 35.5 Å². The second-order valence-electron chi connectivity index (χ2n) is 3.90. The predicted molar refractivity (Wildman–Crippen MR) is 69.2 cm³/mol. The van der Waals surface area contributed by atoms with E-state index < -0.39 is 0 Å². The van der Waals surface area contributed by atoms with Crippen LogP contribution in [0.3, 0.4) is 0 Å². The first-order valence-electron chi connectivity index (χ1n) is 5.57. The Bertz CT molecular complexity index is 515. The van der Waals surface area contributed by atoms with Crippen LogP contribution in [-0.4, -0.2) is 18.2 Å². The van der Waals surface area contributed by atoms with Crippen LogP contribution in [0.5, 0.6) is 0 Å². The Hall–Kier alpha value is -1.70. The Morgan fingerprint density at radius 2 is 2.19 bits per heavy atom. The molecular weight excluding hydrogens is 196 g/mol. The molecule has 82 valence electrons. The van der Waals surface area contributed by atoms with Crippen molar-refractivity contribution in [3.63, 3.8) is 0 Å². The van der Waals surface area contributed by atoms with Gasteiger partial charge in [-0.05, 0) is 43.2 Å². The van der Waals surface area contributed by atoms with Crippen LogP contribution in [0.1, 0.15) is 17.5 Å². The van der Waals surface area contributed by atoms with E-state index in [2.05, 4.69) is 35.1 Å². The molecule has 1 heterocycles. The van der Waals surface area contributed by atoms with Crippen molar-refractivity contribution in [3.05, 3.63) is 41.6 Å². The van der Waals surface area contributed by atoms with Crippen molar-refractivity contribution >= 4 is 17.1 Å². The van der Waals surface area contributed by atoms with Crippen LogP contribution in [0.4, 0.5) is 0 Å². The minimum absolute atomic E-state index is 0.996. The molecule has 1 aromatic heterocycles. The van der Waals surface area contributed by atoms with Gasteiger partial charge in [-0.25, -0.2) is 0 Å². The van der Waals surface area contributed by atoms with Gasteiger partial charge < -0.3 is 4.99 Å². The molecule has 0 aliphatic heterocycles. The van der Waals surface area contributed by atoms with E-state index in [-0.39, 0.29) is 0 Å². The number of aryl methyl sites for hydroxylation is 2. The lowest BCUT2D eigenvalue weighted by Crippen LogP contribution is -1.93. The highest BCUT2D eigenvalue weighted by atomic mass is 14.6. The maximum Gasteiger partial charge on any atom is 0.0733 e. The Kier molecular flexibility index (Phi) is 3.30. The van der Waals surface area contributed by atoms with Crippen LogP contribution < -0.4 is 0 Å². The number of fused-ring (bicyclic) bond motifs is 1. The first-order valence-corrected chi connectivity index (χ1v) is 5.57. The zero-order chi connectivity index (χ0) is 11.4. The van der Waals surface area contributed by atoms with Gasteiger partial charge in [-0.2, -0.15) is 0 Å². The van der Waals surface area contributed by atoms with Crippen molar-refractivity contribution in [1.29, 1.82) is 0 Å². The van der Waals surface area contributed by atoms with Crippen molar-refractivity contribution in [1.82, 2.24) is 4.98 Å². The maximum absolute atomic E-state index is 4.44. The van der Waals surface area contributed by atoms with Crippen LogP contribution in [0.2, 0.25) is 0 Å². The summed E-state index contributed by atoms with van der Waals surface area (Å²) in [7, 11) is 1.81. The highest BCUT2D eigenvalue weighted by Crippen LogP contribution is 2.20. The minimum Gasteiger partial charge on any atom is -0.301 e. The Morgan fingerprint density at radius 3 is 3.00 bits per heavy atom. The van der Waals surface area contributed by atoms with Crippen molar-refractivity contribution in [2.75, 3.05) is 7.05 Å². The summed E-state index contributed by atoms with van der Waals surface area (Å²) in [5.74, 6) is 0. The number of aliphatic imine (C=N–C) groups is 1.